The molecule has 1 N–H and O–H groups in total. The van der Waals surface area contributed by atoms with E-state index < -0.39 is 0 Å². The minimum atomic E-state index is -0.289. The highest BCUT2D eigenvalue weighted by Crippen LogP contribution is 2.19. The summed E-state index contributed by atoms with van der Waals surface area (Å²) in [5.74, 6) is 0.443. The van der Waals surface area contributed by atoms with E-state index in [0.717, 1.165) is 11.3 Å². The largest absolute Gasteiger partial charge is 0.497 e. The summed E-state index contributed by atoms with van der Waals surface area (Å²) in [6, 6.07) is 16.8. The van der Waals surface area contributed by atoms with Gasteiger partial charge in [0.05, 0.1) is 24.7 Å². The minimum Gasteiger partial charge on any atom is -0.497 e. The van der Waals surface area contributed by atoms with Gasteiger partial charge < -0.3 is 10.1 Å². The van der Waals surface area contributed by atoms with E-state index in [9.17, 15) is 4.79 Å². The summed E-state index contributed by atoms with van der Waals surface area (Å²) in [6.45, 7) is 1.77. The first-order chi connectivity index (χ1) is 11.7. The van der Waals surface area contributed by atoms with Gasteiger partial charge in [0.1, 0.15) is 11.4 Å². The van der Waals surface area contributed by atoms with Gasteiger partial charge in [-0.1, -0.05) is 30.3 Å². The molecule has 1 aromatic heterocycles. The normalized spacial score (nSPS) is 10.2. The average molecular weight is 319 g/mol. The van der Waals surface area contributed by atoms with E-state index in [-0.39, 0.29) is 5.91 Å². The van der Waals surface area contributed by atoms with E-state index in [1.54, 1.807) is 44.5 Å². The van der Waals surface area contributed by atoms with Gasteiger partial charge in [0.15, 0.2) is 0 Å². The lowest BCUT2D eigenvalue weighted by Gasteiger charge is -2.09. The number of anilines is 1. The summed E-state index contributed by atoms with van der Waals surface area (Å²) < 4.78 is 5.11. The maximum absolute atomic E-state index is 12.5. The first-order valence-electron chi connectivity index (χ1n) is 7.52. The molecule has 24 heavy (non-hydrogen) atoms. The highest BCUT2D eigenvalue weighted by molar-refractivity contribution is 6.03. The molecule has 0 saturated carbocycles. The van der Waals surface area contributed by atoms with Gasteiger partial charge in [-0.2, -0.15) is 0 Å². The van der Waals surface area contributed by atoms with Gasteiger partial charge in [-0.25, -0.2) is 4.98 Å². The zero-order chi connectivity index (χ0) is 16.9. The molecule has 1 heterocycles. The molecule has 120 valence electrons. The number of hydrogen-bond donors (Lipinski definition) is 1. The highest BCUT2D eigenvalue weighted by Gasteiger charge is 2.14. The molecule has 0 aliphatic rings. The summed E-state index contributed by atoms with van der Waals surface area (Å²) in [5, 5.41) is 2.83. The Hall–Kier alpha value is -3.21. The monoisotopic (exact) mass is 319 g/mol. The smallest absolute Gasteiger partial charge is 0.276 e. The quantitative estimate of drug-likeness (QED) is 0.796. The zero-order valence-corrected chi connectivity index (χ0v) is 13.5. The molecule has 0 saturated heterocycles. The van der Waals surface area contributed by atoms with Gasteiger partial charge in [-0.05, 0) is 31.2 Å². The number of aromatic nitrogens is 2. The standard InChI is InChI=1S/C19H17N3O2/c1-13-18(19(23)21-15-8-10-16(24-2)11-9-15)22-17(12-20-13)14-6-4-3-5-7-14/h3-12H,1-2H3,(H,21,23). The fourth-order valence-electron chi connectivity index (χ4n) is 2.28. The van der Waals surface area contributed by atoms with Gasteiger partial charge in [0.2, 0.25) is 0 Å². The van der Waals surface area contributed by atoms with Crippen LogP contribution in [0.1, 0.15) is 16.2 Å². The summed E-state index contributed by atoms with van der Waals surface area (Å²) in [7, 11) is 1.60. The number of nitrogens with zero attached hydrogens (tertiary/aromatic N) is 2. The fourth-order valence-corrected chi connectivity index (χ4v) is 2.28. The van der Waals surface area contributed by atoms with Crippen molar-refractivity contribution < 1.29 is 9.53 Å². The van der Waals surface area contributed by atoms with E-state index in [1.165, 1.54) is 0 Å². The second-order valence-electron chi connectivity index (χ2n) is 5.24. The molecule has 3 rings (SSSR count). The first-order valence-corrected chi connectivity index (χ1v) is 7.52. The Morgan fingerprint density at radius 2 is 1.75 bits per heavy atom. The third-order valence-corrected chi connectivity index (χ3v) is 3.59. The Morgan fingerprint density at radius 1 is 1.04 bits per heavy atom. The third-order valence-electron chi connectivity index (χ3n) is 3.59. The molecule has 0 unspecified atom stereocenters. The summed E-state index contributed by atoms with van der Waals surface area (Å²) in [4.78, 5) is 21.3. The van der Waals surface area contributed by atoms with Crippen molar-refractivity contribution in [1.82, 2.24) is 9.97 Å². The number of nitrogens with one attached hydrogen (secondary N) is 1. The van der Waals surface area contributed by atoms with Crippen LogP contribution in [-0.4, -0.2) is 23.0 Å². The number of rotatable bonds is 4. The van der Waals surface area contributed by atoms with E-state index in [1.807, 2.05) is 30.3 Å². The van der Waals surface area contributed by atoms with Gasteiger partial charge >= 0.3 is 0 Å². The Morgan fingerprint density at radius 3 is 2.42 bits per heavy atom. The van der Waals surface area contributed by atoms with Crippen LogP contribution in [0.25, 0.3) is 11.3 Å². The zero-order valence-electron chi connectivity index (χ0n) is 13.5. The van der Waals surface area contributed by atoms with Crippen molar-refractivity contribution in [3.8, 4) is 17.0 Å². The molecule has 0 aliphatic heterocycles. The van der Waals surface area contributed by atoms with Crippen LogP contribution in [0.15, 0.2) is 60.8 Å². The van der Waals surface area contributed by atoms with Gasteiger partial charge in [-0.3, -0.25) is 9.78 Å². The number of hydrogen-bond acceptors (Lipinski definition) is 4. The Bertz CT molecular complexity index is 846. The van der Waals surface area contributed by atoms with Gasteiger partial charge in [0, 0.05) is 11.3 Å². The van der Waals surface area contributed by atoms with Crippen LogP contribution in [0.4, 0.5) is 5.69 Å². The molecule has 0 atom stereocenters. The van der Waals surface area contributed by atoms with Gasteiger partial charge in [-0.15, -0.1) is 0 Å². The molecule has 0 radical (unpaired) electrons. The number of benzene rings is 2. The lowest BCUT2D eigenvalue weighted by Crippen LogP contribution is -2.16. The lowest BCUT2D eigenvalue weighted by atomic mass is 10.1. The van der Waals surface area contributed by atoms with Crippen molar-refractivity contribution in [2.24, 2.45) is 0 Å². The number of aryl methyl sites for hydroxylation is 1. The second kappa shape index (κ2) is 6.91. The van der Waals surface area contributed by atoms with E-state index in [2.05, 4.69) is 15.3 Å². The van der Waals surface area contributed by atoms with E-state index in [0.29, 0.717) is 22.8 Å². The summed E-state index contributed by atoms with van der Waals surface area (Å²) in [5.41, 5.74) is 3.16. The number of ether oxygens (including phenoxy) is 1. The van der Waals surface area contributed by atoms with Crippen LogP contribution in [0, 0.1) is 6.92 Å². The molecule has 5 heteroatoms. The van der Waals surface area contributed by atoms with Gasteiger partial charge in [0.25, 0.3) is 5.91 Å². The Labute approximate surface area is 140 Å². The van der Waals surface area contributed by atoms with Crippen LogP contribution in [0.2, 0.25) is 0 Å². The molecule has 0 bridgehead atoms. The minimum absolute atomic E-state index is 0.289. The fraction of sp³-hybridized carbons (Fsp3) is 0.105. The predicted octanol–water partition coefficient (Wildman–Crippen LogP) is 3.71. The molecule has 0 fully saturated rings. The topological polar surface area (TPSA) is 64.1 Å². The van der Waals surface area contributed by atoms with Crippen LogP contribution in [0.5, 0.6) is 5.75 Å². The van der Waals surface area contributed by atoms with Crippen LogP contribution in [0.3, 0.4) is 0 Å². The molecule has 0 aliphatic carbocycles. The molecule has 2 aromatic carbocycles. The molecule has 0 spiro atoms. The maximum atomic E-state index is 12.5. The summed E-state index contributed by atoms with van der Waals surface area (Å²) in [6.07, 6.45) is 1.68. The van der Waals surface area contributed by atoms with Crippen molar-refractivity contribution >= 4 is 11.6 Å². The number of carbonyl (C=O) groups is 1. The number of carbonyl (C=O) groups excluding carboxylic acids is 1. The molecular weight excluding hydrogens is 302 g/mol. The van der Waals surface area contributed by atoms with Crippen molar-refractivity contribution in [1.29, 1.82) is 0 Å². The van der Waals surface area contributed by atoms with Crippen LogP contribution < -0.4 is 10.1 Å². The molecular formula is C19H17N3O2. The Kier molecular flexibility index (Phi) is 4.52. The van der Waals surface area contributed by atoms with E-state index in [4.69, 9.17) is 4.74 Å². The van der Waals surface area contributed by atoms with Crippen LogP contribution >= 0.6 is 0 Å². The molecule has 3 aromatic rings. The average Bonchev–Trinajstić information content (AvgIpc) is 2.63. The van der Waals surface area contributed by atoms with Crippen LogP contribution in [-0.2, 0) is 0 Å². The highest BCUT2D eigenvalue weighted by atomic mass is 16.5. The SMILES string of the molecule is COc1ccc(NC(=O)c2nc(-c3ccccc3)cnc2C)cc1. The van der Waals surface area contributed by atoms with Crippen molar-refractivity contribution in [2.75, 3.05) is 12.4 Å². The molecule has 5 nitrogen and oxygen atoms in total. The second-order valence-corrected chi connectivity index (χ2v) is 5.24. The van der Waals surface area contributed by atoms with Crippen molar-refractivity contribution in [3.05, 3.63) is 72.2 Å². The predicted molar refractivity (Wildman–Crippen MR) is 93.2 cm³/mol. The first kappa shape index (κ1) is 15.7. The number of amides is 1. The Balaban J connectivity index is 1.86. The summed E-state index contributed by atoms with van der Waals surface area (Å²) >= 11 is 0. The van der Waals surface area contributed by atoms with E-state index >= 15 is 0 Å². The maximum Gasteiger partial charge on any atom is 0.276 e. The number of methoxy groups -OCH3 is 1. The molecule has 1 amide bonds. The van der Waals surface area contributed by atoms with Crippen molar-refractivity contribution in [3.63, 3.8) is 0 Å². The van der Waals surface area contributed by atoms with Crippen molar-refractivity contribution in [2.45, 2.75) is 6.92 Å². The lowest BCUT2D eigenvalue weighted by molar-refractivity contribution is 0.102. The third kappa shape index (κ3) is 3.41.